The van der Waals surface area contributed by atoms with Crippen molar-refractivity contribution in [2.24, 2.45) is 7.05 Å². The largest absolute Gasteiger partial charge is 0.266 e. The van der Waals surface area contributed by atoms with Crippen LogP contribution in [0.1, 0.15) is 22.5 Å². The zero-order chi connectivity index (χ0) is 24.2. The number of aryl methyl sites for hydroxylation is 5. The molecular weight excluding hydrogens is 460 g/mol. The summed E-state index contributed by atoms with van der Waals surface area (Å²) in [5.41, 5.74) is 6.52. The monoisotopic (exact) mass is 485 g/mol. The molecule has 2 heterocycles. The van der Waals surface area contributed by atoms with E-state index in [4.69, 9.17) is 4.98 Å². The van der Waals surface area contributed by atoms with Gasteiger partial charge in [-0.15, -0.1) is 0 Å². The van der Waals surface area contributed by atoms with Crippen LogP contribution in [0.4, 0.5) is 8.28 Å². The second-order valence-electron chi connectivity index (χ2n) is 8.59. The highest BCUT2D eigenvalue weighted by molar-refractivity contribution is 7.94. The van der Waals surface area contributed by atoms with E-state index in [0.717, 1.165) is 42.6 Å². The molecule has 176 valence electrons. The molecule has 5 aromatic rings. The lowest BCUT2D eigenvalue weighted by molar-refractivity contribution is 0.600. The summed E-state index contributed by atoms with van der Waals surface area (Å²) < 4.78 is 29.4. The molecule has 0 saturated carbocycles. The van der Waals surface area contributed by atoms with Gasteiger partial charge in [-0.1, -0.05) is 60.7 Å². The highest BCUT2D eigenvalue weighted by Crippen LogP contribution is 2.37. The van der Waals surface area contributed by atoms with Crippen LogP contribution in [0.3, 0.4) is 0 Å². The van der Waals surface area contributed by atoms with E-state index in [1.54, 1.807) is 17.8 Å². The highest BCUT2D eigenvalue weighted by atomic mass is 32.2. The van der Waals surface area contributed by atoms with Crippen molar-refractivity contribution in [3.63, 3.8) is 0 Å². The molecule has 6 heteroatoms. The molecule has 0 radical (unpaired) electrons. The Morgan fingerprint density at radius 3 is 2.09 bits per heavy atom. The Kier molecular flexibility index (Phi) is 6.91. The number of pyridine rings is 1. The van der Waals surface area contributed by atoms with Crippen molar-refractivity contribution in [2.45, 2.75) is 30.6 Å². The number of hydrogen-bond acceptors (Lipinski definition) is 3. The molecule has 0 unspecified atom stereocenters. The van der Waals surface area contributed by atoms with Gasteiger partial charge in [-0.05, 0) is 61.1 Å². The first-order chi connectivity index (χ1) is 17.1. The number of hydrogen-bond donors (Lipinski definition) is 0. The van der Waals surface area contributed by atoms with Gasteiger partial charge in [-0.25, -0.2) is 4.39 Å². The van der Waals surface area contributed by atoms with Gasteiger partial charge in [0.1, 0.15) is 16.4 Å². The molecule has 0 bridgehead atoms. The summed E-state index contributed by atoms with van der Waals surface area (Å²) in [5, 5.41) is 5.40. The summed E-state index contributed by atoms with van der Waals surface area (Å²) in [6.45, 7) is 0. The Balaban J connectivity index is 1.54. The van der Waals surface area contributed by atoms with Crippen molar-refractivity contribution in [3.05, 3.63) is 113 Å². The van der Waals surface area contributed by atoms with Gasteiger partial charge < -0.3 is 0 Å². The second-order valence-corrected chi connectivity index (χ2v) is 9.15. The molecule has 0 aliphatic rings. The molecule has 0 aliphatic heterocycles. The Bertz CT molecular complexity index is 1450. The summed E-state index contributed by atoms with van der Waals surface area (Å²) in [6.07, 6.45) is 3.32. The predicted octanol–water partition coefficient (Wildman–Crippen LogP) is 7.32. The van der Waals surface area contributed by atoms with Gasteiger partial charge in [0.05, 0.1) is 23.4 Å². The van der Waals surface area contributed by atoms with Crippen LogP contribution in [0.2, 0.25) is 0 Å². The fraction of sp³-hybridized carbons (Fsp3) is 0.172. The number of rotatable bonds is 8. The van der Waals surface area contributed by atoms with Crippen molar-refractivity contribution in [2.75, 3.05) is 0 Å². The smallest absolute Gasteiger partial charge is 0.141 e. The topological polar surface area (TPSA) is 30.7 Å². The summed E-state index contributed by atoms with van der Waals surface area (Å²) in [4.78, 5) is 5.01. The molecule has 0 aliphatic carbocycles. The maximum absolute atomic E-state index is 14.3. The highest BCUT2D eigenvalue weighted by Gasteiger charge is 2.20. The van der Waals surface area contributed by atoms with Crippen molar-refractivity contribution < 1.29 is 8.28 Å². The molecule has 35 heavy (non-hydrogen) atoms. The van der Waals surface area contributed by atoms with Crippen LogP contribution >= 0.6 is 12.1 Å². The minimum Gasteiger partial charge on any atom is -0.266 e. The van der Waals surface area contributed by atoms with Crippen LogP contribution in [0.5, 0.6) is 0 Å². The lowest BCUT2D eigenvalue weighted by Gasteiger charge is -2.11. The Labute approximate surface area is 208 Å². The number of fused-ring (bicyclic) bond motifs is 1. The van der Waals surface area contributed by atoms with Crippen molar-refractivity contribution in [3.8, 4) is 11.3 Å². The van der Waals surface area contributed by atoms with E-state index in [-0.39, 0.29) is 17.0 Å². The number of nitrogens with zero attached hydrogens (tertiary/aromatic N) is 3. The predicted molar refractivity (Wildman–Crippen MR) is 139 cm³/mol. The van der Waals surface area contributed by atoms with E-state index >= 15 is 0 Å². The second kappa shape index (κ2) is 10.4. The molecule has 2 aromatic heterocycles. The molecular formula is C29H25F2N3S. The van der Waals surface area contributed by atoms with Gasteiger partial charge in [0.2, 0.25) is 0 Å². The molecule has 0 atom stereocenters. The van der Waals surface area contributed by atoms with E-state index < -0.39 is 5.82 Å². The lowest BCUT2D eigenvalue weighted by atomic mass is 9.99. The summed E-state index contributed by atoms with van der Waals surface area (Å²) in [7, 11) is 1.72. The molecule has 3 nitrogen and oxygen atoms in total. The first kappa shape index (κ1) is 23.2. The molecule has 0 amide bonds. The van der Waals surface area contributed by atoms with Crippen LogP contribution in [0.15, 0.2) is 89.8 Å². The summed E-state index contributed by atoms with van der Waals surface area (Å²) in [6, 6.07) is 27.8. The number of benzene rings is 3. The van der Waals surface area contributed by atoms with Crippen LogP contribution in [0.25, 0.3) is 22.2 Å². The lowest BCUT2D eigenvalue weighted by Crippen LogP contribution is -2.03. The minimum atomic E-state index is -0.585. The number of aromatic nitrogens is 3. The quantitative estimate of drug-likeness (QED) is 0.231. The Hall–Kier alpha value is -3.51. The van der Waals surface area contributed by atoms with E-state index in [9.17, 15) is 8.28 Å². The van der Waals surface area contributed by atoms with Crippen LogP contribution in [-0.2, 0) is 32.7 Å². The maximum atomic E-state index is 14.3. The van der Waals surface area contributed by atoms with Crippen molar-refractivity contribution >= 4 is 23.1 Å². The van der Waals surface area contributed by atoms with Crippen LogP contribution in [0, 0.1) is 5.82 Å². The third-order valence-corrected chi connectivity index (χ3v) is 6.82. The average molecular weight is 486 g/mol. The number of halogens is 2. The van der Waals surface area contributed by atoms with Crippen LogP contribution < -0.4 is 0 Å². The van der Waals surface area contributed by atoms with Gasteiger partial charge in [0.25, 0.3) is 0 Å². The normalized spacial score (nSPS) is 11.3. The maximum Gasteiger partial charge on any atom is 0.141 e. The third kappa shape index (κ3) is 4.98. The zero-order valence-electron chi connectivity index (χ0n) is 19.4. The third-order valence-electron chi connectivity index (χ3n) is 6.28. The molecule has 5 rings (SSSR count). The zero-order valence-corrected chi connectivity index (χ0v) is 20.2. The van der Waals surface area contributed by atoms with Gasteiger partial charge in [0, 0.05) is 23.7 Å². The fourth-order valence-electron chi connectivity index (χ4n) is 4.50. The van der Waals surface area contributed by atoms with Gasteiger partial charge in [-0.2, -0.15) is 8.98 Å². The van der Waals surface area contributed by atoms with E-state index in [1.807, 2.05) is 30.3 Å². The van der Waals surface area contributed by atoms with Crippen molar-refractivity contribution in [1.29, 1.82) is 0 Å². The summed E-state index contributed by atoms with van der Waals surface area (Å²) >= 11 is -0.0852. The van der Waals surface area contributed by atoms with E-state index in [0.29, 0.717) is 16.6 Å². The Morgan fingerprint density at radius 1 is 0.771 bits per heavy atom. The van der Waals surface area contributed by atoms with Gasteiger partial charge >= 0.3 is 0 Å². The standard InChI is InChI=1S/C29H25F2N3S/c1-34-28-24(17-18-25(30)29(28)35-31)27(33-34)23-16-15-22(14-12-20-8-4-2-5-9-20)32-26(23)19-13-21-10-6-3-7-11-21/h2-11,15-18H,12-14,19H2,1H3. The first-order valence-electron chi connectivity index (χ1n) is 11.6. The van der Waals surface area contributed by atoms with E-state index in [1.165, 1.54) is 17.2 Å². The fourth-order valence-corrected chi connectivity index (χ4v) is 4.96. The van der Waals surface area contributed by atoms with Crippen LogP contribution in [-0.4, -0.2) is 14.8 Å². The minimum absolute atomic E-state index is 0.0398. The SMILES string of the molecule is Cn1nc(-c2ccc(CCc3ccccc3)nc2CCc2ccccc2)c2ccc(F)c(SF)c21. The van der Waals surface area contributed by atoms with Crippen molar-refractivity contribution in [1.82, 2.24) is 14.8 Å². The molecule has 0 N–H and O–H groups in total. The average Bonchev–Trinajstić information content (AvgIpc) is 3.23. The molecule has 3 aromatic carbocycles. The van der Waals surface area contributed by atoms with Gasteiger partial charge in [-0.3, -0.25) is 9.67 Å². The van der Waals surface area contributed by atoms with E-state index in [2.05, 4.69) is 47.6 Å². The Morgan fingerprint density at radius 2 is 1.43 bits per heavy atom. The first-order valence-corrected chi connectivity index (χ1v) is 12.4. The molecule has 0 fully saturated rings. The molecule has 0 spiro atoms. The molecule has 0 saturated heterocycles. The summed E-state index contributed by atoms with van der Waals surface area (Å²) in [5.74, 6) is -0.585. The van der Waals surface area contributed by atoms with Gasteiger partial charge in [0.15, 0.2) is 0 Å².